The van der Waals surface area contributed by atoms with Crippen LogP contribution in [0.4, 0.5) is 5.69 Å². The fraction of sp³-hybridized carbons (Fsp3) is 0.481. The van der Waals surface area contributed by atoms with Crippen LogP contribution in [0.5, 0.6) is 0 Å². The van der Waals surface area contributed by atoms with Crippen molar-refractivity contribution in [3.63, 3.8) is 0 Å². The van der Waals surface area contributed by atoms with E-state index in [4.69, 9.17) is 0 Å². The predicted molar refractivity (Wildman–Crippen MR) is 142 cm³/mol. The number of rotatable bonds is 12. The molecule has 0 unspecified atom stereocenters. The first-order chi connectivity index (χ1) is 16.5. The zero-order chi connectivity index (χ0) is 26.2. The Hall–Kier alpha value is -2.87. The Balaban J connectivity index is 2.20. The second kappa shape index (κ2) is 12.7. The summed E-state index contributed by atoms with van der Waals surface area (Å²) in [6, 6.07) is 12.8. The Morgan fingerprint density at radius 2 is 1.71 bits per heavy atom. The minimum Gasteiger partial charge on any atom is -0.354 e. The maximum absolute atomic E-state index is 13.3. The molecule has 0 heterocycles. The van der Waals surface area contributed by atoms with E-state index in [0.717, 1.165) is 28.7 Å². The van der Waals surface area contributed by atoms with Gasteiger partial charge in [-0.25, -0.2) is 8.42 Å². The molecular weight excluding hydrogens is 462 g/mol. The lowest BCUT2D eigenvalue weighted by atomic mass is 10.1. The van der Waals surface area contributed by atoms with E-state index < -0.39 is 16.1 Å². The molecule has 0 aliphatic heterocycles. The first kappa shape index (κ1) is 28.4. The van der Waals surface area contributed by atoms with Crippen LogP contribution in [0.2, 0.25) is 0 Å². The number of anilines is 1. The first-order valence-corrected chi connectivity index (χ1v) is 14.0. The van der Waals surface area contributed by atoms with E-state index in [1.807, 2.05) is 70.2 Å². The van der Waals surface area contributed by atoms with Crippen LogP contribution < -0.4 is 9.62 Å². The standard InChI is InChI=1S/C27H39N3O4S/c1-7-16-28-27(32)23(5)29(19-24-12-9-8-11-21(24)3)26(31)13-10-17-30(35(6,33)34)25-18-20(2)14-15-22(25)4/h8-9,11-12,14-15,18,23H,7,10,13,16-17,19H2,1-6H3,(H,28,32)/t23-/m0/s1. The second-order valence-corrected chi connectivity index (χ2v) is 11.1. The van der Waals surface area contributed by atoms with Crippen molar-refractivity contribution in [2.24, 2.45) is 0 Å². The Morgan fingerprint density at radius 3 is 2.34 bits per heavy atom. The lowest BCUT2D eigenvalue weighted by Gasteiger charge is -2.30. The minimum absolute atomic E-state index is 0.133. The summed E-state index contributed by atoms with van der Waals surface area (Å²) >= 11 is 0. The Kier molecular flexibility index (Phi) is 10.3. The molecule has 192 valence electrons. The van der Waals surface area contributed by atoms with E-state index in [2.05, 4.69) is 5.32 Å². The van der Waals surface area contributed by atoms with Gasteiger partial charge in [-0.05, 0) is 68.9 Å². The van der Waals surface area contributed by atoms with Gasteiger partial charge < -0.3 is 10.2 Å². The molecular formula is C27H39N3O4S. The number of hydrogen-bond acceptors (Lipinski definition) is 4. The monoisotopic (exact) mass is 501 g/mol. The molecule has 1 N–H and O–H groups in total. The van der Waals surface area contributed by atoms with Gasteiger partial charge in [0.15, 0.2) is 0 Å². The molecule has 0 radical (unpaired) electrons. The lowest BCUT2D eigenvalue weighted by Crippen LogP contribution is -2.48. The van der Waals surface area contributed by atoms with Gasteiger partial charge in [0.1, 0.15) is 6.04 Å². The van der Waals surface area contributed by atoms with Crippen LogP contribution in [0, 0.1) is 20.8 Å². The zero-order valence-corrected chi connectivity index (χ0v) is 22.6. The average Bonchev–Trinajstić information content (AvgIpc) is 2.80. The molecule has 0 saturated carbocycles. The molecule has 8 heteroatoms. The van der Waals surface area contributed by atoms with Gasteiger partial charge in [-0.2, -0.15) is 0 Å². The number of sulfonamides is 1. The maximum atomic E-state index is 13.3. The van der Waals surface area contributed by atoms with Gasteiger partial charge in [-0.3, -0.25) is 13.9 Å². The van der Waals surface area contributed by atoms with Gasteiger partial charge in [0, 0.05) is 26.1 Å². The molecule has 2 rings (SSSR count). The summed E-state index contributed by atoms with van der Waals surface area (Å²) in [4.78, 5) is 27.6. The molecule has 0 saturated heterocycles. The fourth-order valence-corrected chi connectivity index (χ4v) is 4.93. The Bertz CT molecular complexity index is 1130. The third-order valence-corrected chi connectivity index (χ3v) is 7.28. The molecule has 2 aromatic rings. The number of carbonyl (C=O) groups excluding carboxylic acids is 2. The van der Waals surface area contributed by atoms with E-state index in [9.17, 15) is 18.0 Å². The summed E-state index contributed by atoms with van der Waals surface area (Å²) in [5.41, 5.74) is 4.47. The van der Waals surface area contributed by atoms with E-state index >= 15 is 0 Å². The third-order valence-electron chi connectivity index (χ3n) is 6.10. The summed E-state index contributed by atoms with van der Waals surface area (Å²) < 4.78 is 26.5. The van der Waals surface area contributed by atoms with E-state index in [1.165, 1.54) is 10.6 Å². The van der Waals surface area contributed by atoms with Crippen molar-refractivity contribution >= 4 is 27.5 Å². The summed E-state index contributed by atoms with van der Waals surface area (Å²) in [5.74, 6) is -0.372. The summed E-state index contributed by atoms with van der Waals surface area (Å²) in [5, 5.41) is 2.87. The topological polar surface area (TPSA) is 86.8 Å². The number of nitrogens with zero attached hydrogens (tertiary/aromatic N) is 2. The van der Waals surface area contributed by atoms with Crippen molar-refractivity contribution in [2.45, 2.75) is 66.5 Å². The van der Waals surface area contributed by atoms with E-state index in [0.29, 0.717) is 25.2 Å². The van der Waals surface area contributed by atoms with Gasteiger partial charge in [0.2, 0.25) is 21.8 Å². The maximum Gasteiger partial charge on any atom is 0.242 e. The number of nitrogens with one attached hydrogen (secondary N) is 1. The van der Waals surface area contributed by atoms with Gasteiger partial charge in [-0.15, -0.1) is 0 Å². The highest BCUT2D eigenvalue weighted by Gasteiger charge is 2.27. The zero-order valence-electron chi connectivity index (χ0n) is 21.8. The lowest BCUT2D eigenvalue weighted by molar-refractivity contribution is -0.140. The van der Waals surface area contributed by atoms with E-state index in [-0.39, 0.29) is 24.8 Å². The summed E-state index contributed by atoms with van der Waals surface area (Å²) in [6.07, 6.45) is 2.46. The number of carbonyl (C=O) groups is 2. The smallest absolute Gasteiger partial charge is 0.242 e. The van der Waals surface area contributed by atoms with Crippen LogP contribution in [-0.4, -0.2) is 50.5 Å². The first-order valence-electron chi connectivity index (χ1n) is 12.1. The predicted octanol–water partition coefficient (Wildman–Crippen LogP) is 4.10. The minimum atomic E-state index is -3.53. The van der Waals surface area contributed by atoms with Crippen molar-refractivity contribution in [1.29, 1.82) is 0 Å². The molecule has 2 aromatic carbocycles. The van der Waals surface area contributed by atoms with Crippen molar-refractivity contribution in [2.75, 3.05) is 23.7 Å². The molecule has 2 amide bonds. The van der Waals surface area contributed by atoms with Crippen LogP contribution in [0.15, 0.2) is 42.5 Å². The van der Waals surface area contributed by atoms with Crippen molar-refractivity contribution in [1.82, 2.24) is 10.2 Å². The Morgan fingerprint density at radius 1 is 1.03 bits per heavy atom. The van der Waals surface area contributed by atoms with Crippen LogP contribution in [0.1, 0.15) is 55.4 Å². The number of amides is 2. The van der Waals surface area contributed by atoms with Crippen LogP contribution in [0.3, 0.4) is 0 Å². The molecule has 1 atom stereocenters. The highest BCUT2D eigenvalue weighted by molar-refractivity contribution is 7.92. The van der Waals surface area contributed by atoms with Gasteiger partial charge >= 0.3 is 0 Å². The van der Waals surface area contributed by atoms with Crippen molar-refractivity contribution in [3.05, 3.63) is 64.7 Å². The van der Waals surface area contributed by atoms with Crippen LogP contribution in [0.25, 0.3) is 0 Å². The molecule has 35 heavy (non-hydrogen) atoms. The number of hydrogen-bond donors (Lipinski definition) is 1. The van der Waals surface area contributed by atoms with E-state index in [1.54, 1.807) is 11.8 Å². The average molecular weight is 502 g/mol. The Labute approximate surface area is 210 Å². The van der Waals surface area contributed by atoms with Crippen molar-refractivity contribution in [3.8, 4) is 0 Å². The SMILES string of the molecule is CCCNC(=O)[C@H](C)N(Cc1ccccc1C)C(=O)CCCN(c1cc(C)ccc1C)S(C)(=O)=O. The third kappa shape index (κ3) is 8.09. The molecule has 0 fully saturated rings. The molecule has 7 nitrogen and oxygen atoms in total. The molecule has 0 bridgehead atoms. The van der Waals surface area contributed by atoms with Crippen LogP contribution >= 0.6 is 0 Å². The summed E-state index contributed by atoms with van der Waals surface area (Å²) in [7, 11) is -3.53. The molecule has 0 aliphatic carbocycles. The molecule has 0 aromatic heterocycles. The number of aryl methyl sites for hydroxylation is 3. The normalized spacial score (nSPS) is 12.2. The fourth-order valence-electron chi connectivity index (χ4n) is 3.92. The number of benzene rings is 2. The summed E-state index contributed by atoms with van der Waals surface area (Å²) in [6.45, 7) is 10.5. The van der Waals surface area contributed by atoms with Crippen molar-refractivity contribution < 1.29 is 18.0 Å². The largest absolute Gasteiger partial charge is 0.354 e. The second-order valence-electron chi connectivity index (χ2n) is 9.14. The highest BCUT2D eigenvalue weighted by Crippen LogP contribution is 2.25. The van der Waals surface area contributed by atoms with Gasteiger partial charge in [0.05, 0.1) is 11.9 Å². The molecule has 0 spiro atoms. The van der Waals surface area contributed by atoms with Gasteiger partial charge in [0.25, 0.3) is 0 Å². The highest BCUT2D eigenvalue weighted by atomic mass is 32.2. The quantitative estimate of drug-likeness (QED) is 0.474. The molecule has 0 aliphatic rings. The van der Waals surface area contributed by atoms with Crippen LogP contribution in [-0.2, 0) is 26.2 Å². The van der Waals surface area contributed by atoms with Gasteiger partial charge in [-0.1, -0.05) is 43.3 Å².